The molecule has 0 aromatic rings. The van der Waals surface area contributed by atoms with Crippen LogP contribution in [0.3, 0.4) is 0 Å². The van der Waals surface area contributed by atoms with Gasteiger partial charge < -0.3 is 11.1 Å². The fraction of sp³-hybridized carbons (Fsp3) is 0.917. The van der Waals surface area contributed by atoms with Crippen molar-refractivity contribution in [2.75, 3.05) is 0 Å². The molecule has 2 aliphatic rings. The maximum atomic E-state index is 11.7. The molecular weight excluding hydrogens is 224 g/mol. The SMILES string of the molecule is Cl.NC1CCCCC1CC(=O)NC1CCC1. The van der Waals surface area contributed by atoms with Crippen LogP contribution < -0.4 is 11.1 Å². The van der Waals surface area contributed by atoms with Crippen molar-refractivity contribution in [3.8, 4) is 0 Å². The predicted octanol–water partition coefficient (Wildman–Crippen LogP) is 1.98. The van der Waals surface area contributed by atoms with Crippen LogP contribution in [0.2, 0.25) is 0 Å². The van der Waals surface area contributed by atoms with E-state index in [9.17, 15) is 4.79 Å². The van der Waals surface area contributed by atoms with Crippen molar-refractivity contribution in [2.24, 2.45) is 11.7 Å². The number of carbonyl (C=O) groups is 1. The minimum atomic E-state index is 0. The summed E-state index contributed by atoms with van der Waals surface area (Å²) in [6.07, 6.45) is 8.98. The van der Waals surface area contributed by atoms with Gasteiger partial charge in [0.05, 0.1) is 0 Å². The van der Waals surface area contributed by atoms with Gasteiger partial charge in [-0.05, 0) is 38.0 Å². The molecule has 1 amide bonds. The van der Waals surface area contributed by atoms with E-state index in [-0.39, 0.29) is 24.4 Å². The predicted molar refractivity (Wildman–Crippen MR) is 67.6 cm³/mol. The van der Waals surface area contributed by atoms with Gasteiger partial charge in [-0.2, -0.15) is 0 Å². The molecule has 3 nitrogen and oxygen atoms in total. The first-order chi connectivity index (χ1) is 7.25. The van der Waals surface area contributed by atoms with E-state index >= 15 is 0 Å². The van der Waals surface area contributed by atoms with E-state index in [4.69, 9.17) is 5.73 Å². The van der Waals surface area contributed by atoms with Gasteiger partial charge in [-0.25, -0.2) is 0 Å². The zero-order valence-corrected chi connectivity index (χ0v) is 10.6. The topological polar surface area (TPSA) is 55.1 Å². The number of hydrogen-bond donors (Lipinski definition) is 2. The van der Waals surface area contributed by atoms with Gasteiger partial charge in [-0.15, -0.1) is 12.4 Å². The van der Waals surface area contributed by atoms with E-state index < -0.39 is 0 Å². The second-order valence-corrected chi connectivity index (χ2v) is 5.11. The van der Waals surface area contributed by atoms with Crippen LogP contribution >= 0.6 is 12.4 Å². The highest BCUT2D eigenvalue weighted by Crippen LogP contribution is 2.26. The van der Waals surface area contributed by atoms with Crippen molar-refractivity contribution in [3.63, 3.8) is 0 Å². The smallest absolute Gasteiger partial charge is 0.220 e. The maximum Gasteiger partial charge on any atom is 0.220 e. The monoisotopic (exact) mass is 246 g/mol. The van der Waals surface area contributed by atoms with Crippen LogP contribution in [0.25, 0.3) is 0 Å². The van der Waals surface area contributed by atoms with E-state index in [1.807, 2.05) is 0 Å². The average molecular weight is 247 g/mol. The third-order valence-corrected chi connectivity index (χ3v) is 3.89. The first kappa shape index (κ1) is 13.8. The molecule has 2 saturated carbocycles. The van der Waals surface area contributed by atoms with Crippen LogP contribution in [0.4, 0.5) is 0 Å². The second-order valence-electron chi connectivity index (χ2n) is 5.11. The first-order valence-electron chi connectivity index (χ1n) is 6.30. The van der Waals surface area contributed by atoms with E-state index in [1.54, 1.807) is 0 Å². The van der Waals surface area contributed by atoms with Gasteiger partial charge >= 0.3 is 0 Å². The Morgan fingerprint density at radius 3 is 2.38 bits per heavy atom. The van der Waals surface area contributed by atoms with Crippen molar-refractivity contribution in [2.45, 2.75) is 63.5 Å². The molecule has 16 heavy (non-hydrogen) atoms. The quantitative estimate of drug-likeness (QED) is 0.800. The summed E-state index contributed by atoms with van der Waals surface area (Å²) in [5.41, 5.74) is 6.02. The normalized spacial score (nSPS) is 30.1. The molecule has 0 aromatic heterocycles. The highest BCUT2D eigenvalue weighted by Gasteiger charge is 2.26. The van der Waals surface area contributed by atoms with Crippen molar-refractivity contribution in [1.29, 1.82) is 0 Å². The standard InChI is InChI=1S/C12H22N2O.ClH/c13-11-7-2-1-4-9(11)8-12(15)14-10-5-3-6-10;/h9-11H,1-8,13H2,(H,14,15);1H. The van der Waals surface area contributed by atoms with Crippen molar-refractivity contribution in [1.82, 2.24) is 5.32 Å². The Hall–Kier alpha value is -0.280. The summed E-state index contributed by atoms with van der Waals surface area (Å²) in [7, 11) is 0. The summed E-state index contributed by atoms with van der Waals surface area (Å²) in [5, 5.41) is 3.09. The van der Waals surface area contributed by atoms with Crippen molar-refractivity contribution < 1.29 is 4.79 Å². The van der Waals surface area contributed by atoms with Crippen molar-refractivity contribution >= 4 is 18.3 Å². The van der Waals surface area contributed by atoms with E-state index in [2.05, 4.69) is 5.32 Å². The molecule has 2 atom stereocenters. The van der Waals surface area contributed by atoms with Crippen LogP contribution in [-0.2, 0) is 4.79 Å². The summed E-state index contributed by atoms with van der Waals surface area (Å²) in [4.78, 5) is 11.7. The zero-order valence-electron chi connectivity index (χ0n) is 9.78. The highest BCUT2D eigenvalue weighted by molar-refractivity contribution is 5.85. The lowest BCUT2D eigenvalue weighted by Crippen LogP contribution is -2.42. The van der Waals surface area contributed by atoms with Crippen LogP contribution in [0.1, 0.15) is 51.4 Å². The lowest BCUT2D eigenvalue weighted by Gasteiger charge is -2.30. The van der Waals surface area contributed by atoms with Gasteiger partial charge in [0.25, 0.3) is 0 Å². The number of nitrogens with one attached hydrogen (secondary N) is 1. The van der Waals surface area contributed by atoms with Crippen molar-refractivity contribution in [3.05, 3.63) is 0 Å². The Labute approximate surface area is 104 Å². The first-order valence-corrected chi connectivity index (χ1v) is 6.30. The third kappa shape index (κ3) is 3.63. The van der Waals surface area contributed by atoms with E-state index in [1.165, 1.54) is 32.1 Å². The van der Waals surface area contributed by atoms with Crippen LogP contribution in [0.5, 0.6) is 0 Å². The molecule has 2 unspecified atom stereocenters. The average Bonchev–Trinajstić information content (AvgIpc) is 2.16. The maximum absolute atomic E-state index is 11.7. The van der Waals surface area contributed by atoms with Crippen LogP contribution in [0.15, 0.2) is 0 Å². The Morgan fingerprint density at radius 1 is 1.12 bits per heavy atom. The number of rotatable bonds is 3. The third-order valence-electron chi connectivity index (χ3n) is 3.89. The molecule has 0 saturated heterocycles. The molecule has 0 heterocycles. The molecule has 2 fully saturated rings. The molecule has 0 radical (unpaired) electrons. The summed E-state index contributed by atoms with van der Waals surface area (Å²) in [5.74, 6) is 0.654. The minimum absolute atomic E-state index is 0. The molecule has 0 aliphatic heterocycles. The van der Waals surface area contributed by atoms with E-state index in [0.717, 1.165) is 12.8 Å². The molecule has 3 N–H and O–H groups in total. The Kier molecular flexibility index (Phi) is 5.56. The number of carbonyl (C=O) groups excluding carboxylic acids is 1. The number of amides is 1. The zero-order chi connectivity index (χ0) is 10.7. The van der Waals surface area contributed by atoms with Gasteiger partial charge in [0, 0.05) is 18.5 Å². The molecule has 94 valence electrons. The highest BCUT2D eigenvalue weighted by atomic mass is 35.5. The van der Waals surface area contributed by atoms with Gasteiger partial charge in [0.15, 0.2) is 0 Å². The summed E-state index contributed by atoms with van der Waals surface area (Å²) in [6, 6.07) is 0.725. The number of nitrogens with two attached hydrogens (primary N) is 1. The van der Waals surface area contributed by atoms with Crippen LogP contribution in [-0.4, -0.2) is 18.0 Å². The minimum Gasteiger partial charge on any atom is -0.353 e. The van der Waals surface area contributed by atoms with E-state index in [0.29, 0.717) is 18.4 Å². The summed E-state index contributed by atoms with van der Waals surface area (Å²) >= 11 is 0. The Balaban J connectivity index is 0.00000128. The van der Waals surface area contributed by atoms with Gasteiger partial charge in [0.1, 0.15) is 0 Å². The van der Waals surface area contributed by atoms with Gasteiger partial charge in [0.2, 0.25) is 5.91 Å². The molecular formula is C12H23ClN2O. The lowest BCUT2D eigenvalue weighted by molar-refractivity contribution is -0.123. The number of halogens is 1. The largest absolute Gasteiger partial charge is 0.353 e. The molecule has 0 bridgehead atoms. The Morgan fingerprint density at radius 2 is 1.81 bits per heavy atom. The number of hydrogen-bond acceptors (Lipinski definition) is 2. The molecule has 2 rings (SSSR count). The molecule has 4 heteroatoms. The lowest BCUT2D eigenvalue weighted by atomic mass is 9.82. The second kappa shape index (κ2) is 6.45. The fourth-order valence-electron chi connectivity index (χ4n) is 2.57. The van der Waals surface area contributed by atoms with Crippen LogP contribution in [0, 0.1) is 5.92 Å². The Bertz CT molecular complexity index is 231. The molecule has 2 aliphatic carbocycles. The molecule has 0 aromatic carbocycles. The summed E-state index contributed by atoms with van der Waals surface area (Å²) < 4.78 is 0. The van der Waals surface area contributed by atoms with Gasteiger partial charge in [-0.3, -0.25) is 4.79 Å². The molecule has 0 spiro atoms. The summed E-state index contributed by atoms with van der Waals surface area (Å²) in [6.45, 7) is 0. The van der Waals surface area contributed by atoms with Gasteiger partial charge in [-0.1, -0.05) is 12.8 Å². The fourth-order valence-corrected chi connectivity index (χ4v) is 2.57.